The number of rotatable bonds is 3. The Kier molecular flexibility index (Phi) is 4.44. The fourth-order valence-corrected chi connectivity index (χ4v) is 2.38. The van der Waals surface area contributed by atoms with Crippen LogP contribution in [0.4, 0.5) is 13.2 Å². The van der Waals surface area contributed by atoms with Crippen LogP contribution in [-0.2, 0) is 18.2 Å². The summed E-state index contributed by atoms with van der Waals surface area (Å²) < 4.78 is 38.5. The van der Waals surface area contributed by atoms with Crippen molar-refractivity contribution in [3.63, 3.8) is 0 Å². The molecule has 5 heteroatoms. The maximum absolute atomic E-state index is 12.5. The van der Waals surface area contributed by atoms with Crippen molar-refractivity contribution in [3.05, 3.63) is 69.7 Å². The van der Waals surface area contributed by atoms with Gasteiger partial charge in [-0.1, -0.05) is 40.2 Å². The van der Waals surface area contributed by atoms with Crippen molar-refractivity contribution in [3.8, 4) is 0 Å². The van der Waals surface area contributed by atoms with Gasteiger partial charge in [0.15, 0.2) is 0 Å². The van der Waals surface area contributed by atoms with Crippen LogP contribution in [0, 0.1) is 0 Å². The first-order chi connectivity index (χ1) is 9.68. The third kappa shape index (κ3) is 4.08. The van der Waals surface area contributed by atoms with Gasteiger partial charge in [-0.15, -0.1) is 0 Å². The van der Waals surface area contributed by atoms with Crippen molar-refractivity contribution in [1.29, 1.82) is 0 Å². The average Bonchev–Trinajstić information content (AvgIpc) is 2.40. The fourth-order valence-electron chi connectivity index (χ4n) is 2.12. The zero-order valence-electron chi connectivity index (χ0n) is 11.3. The molecule has 0 aliphatic heterocycles. The molecule has 2 rings (SSSR count). The maximum atomic E-state index is 12.5. The Morgan fingerprint density at radius 3 is 1.86 bits per heavy atom. The predicted octanol–water partition coefficient (Wildman–Crippen LogP) is 4.92. The highest BCUT2D eigenvalue weighted by Crippen LogP contribution is 2.32. The molecule has 0 radical (unpaired) electrons. The molecule has 1 N–H and O–H groups in total. The number of benzene rings is 2. The van der Waals surface area contributed by atoms with Gasteiger partial charge in [0.1, 0.15) is 0 Å². The van der Waals surface area contributed by atoms with Crippen molar-refractivity contribution in [2.75, 3.05) is 0 Å². The van der Waals surface area contributed by atoms with Crippen LogP contribution in [0.15, 0.2) is 53.0 Å². The Hall–Kier alpha value is -1.33. The Bertz CT molecular complexity index is 601. The molecule has 112 valence electrons. The lowest BCUT2D eigenvalue weighted by atomic mass is 9.88. The van der Waals surface area contributed by atoms with Gasteiger partial charge in [-0.05, 0) is 42.3 Å². The topological polar surface area (TPSA) is 20.2 Å². The molecule has 1 nitrogen and oxygen atoms in total. The minimum Gasteiger partial charge on any atom is -0.385 e. The molecule has 1 unspecified atom stereocenters. The smallest absolute Gasteiger partial charge is 0.385 e. The molecule has 1 atom stereocenters. The van der Waals surface area contributed by atoms with Crippen molar-refractivity contribution < 1.29 is 18.3 Å². The first-order valence-electron chi connectivity index (χ1n) is 6.33. The standard InChI is InChI=1S/C16H14BrF3O/c1-15(21,10-11-2-8-14(17)9-3-11)12-4-6-13(7-5-12)16(18,19)20/h2-9,21H,10H2,1H3. The summed E-state index contributed by atoms with van der Waals surface area (Å²) in [4.78, 5) is 0. The fraction of sp³-hybridized carbons (Fsp3) is 0.250. The molecule has 0 fully saturated rings. The van der Waals surface area contributed by atoms with E-state index in [1.165, 1.54) is 12.1 Å². The number of halogens is 4. The molecule has 0 aliphatic rings. The molecule has 2 aromatic rings. The molecule has 0 aliphatic carbocycles. The number of aliphatic hydroxyl groups is 1. The molecule has 21 heavy (non-hydrogen) atoms. The first-order valence-corrected chi connectivity index (χ1v) is 7.12. The van der Waals surface area contributed by atoms with E-state index in [-0.39, 0.29) is 0 Å². The van der Waals surface area contributed by atoms with E-state index < -0.39 is 17.3 Å². The predicted molar refractivity (Wildman–Crippen MR) is 78.9 cm³/mol. The van der Waals surface area contributed by atoms with Crippen LogP contribution in [0.3, 0.4) is 0 Å². The Labute approximate surface area is 129 Å². The molecule has 2 aromatic carbocycles. The van der Waals surface area contributed by atoms with Crippen LogP contribution in [0.2, 0.25) is 0 Å². The average molecular weight is 359 g/mol. The van der Waals surface area contributed by atoms with E-state index in [9.17, 15) is 18.3 Å². The number of hydrogen-bond donors (Lipinski definition) is 1. The van der Waals surface area contributed by atoms with Crippen LogP contribution in [0.25, 0.3) is 0 Å². The van der Waals surface area contributed by atoms with Gasteiger partial charge in [-0.2, -0.15) is 13.2 Å². The normalized spacial score (nSPS) is 14.8. The lowest BCUT2D eigenvalue weighted by Crippen LogP contribution is -2.24. The summed E-state index contributed by atoms with van der Waals surface area (Å²) in [5, 5.41) is 10.5. The second-order valence-electron chi connectivity index (χ2n) is 5.15. The second kappa shape index (κ2) is 5.81. The van der Waals surface area contributed by atoms with E-state index in [1.807, 2.05) is 24.3 Å². The second-order valence-corrected chi connectivity index (χ2v) is 6.07. The van der Waals surface area contributed by atoms with Gasteiger partial charge in [0.05, 0.1) is 11.2 Å². The van der Waals surface area contributed by atoms with E-state index >= 15 is 0 Å². The summed E-state index contributed by atoms with van der Waals surface area (Å²) in [6.07, 6.45) is -4.04. The Morgan fingerprint density at radius 1 is 0.905 bits per heavy atom. The molecule has 0 aromatic heterocycles. The highest BCUT2D eigenvalue weighted by molar-refractivity contribution is 9.10. The van der Waals surface area contributed by atoms with E-state index in [0.717, 1.165) is 22.2 Å². The van der Waals surface area contributed by atoms with Gasteiger partial charge in [0.2, 0.25) is 0 Å². The van der Waals surface area contributed by atoms with Crippen LogP contribution >= 0.6 is 15.9 Å². The summed E-state index contributed by atoms with van der Waals surface area (Å²) in [5.74, 6) is 0. The van der Waals surface area contributed by atoms with E-state index in [1.54, 1.807) is 6.92 Å². The third-order valence-electron chi connectivity index (χ3n) is 3.30. The summed E-state index contributed by atoms with van der Waals surface area (Å²) in [7, 11) is 0. The maximum Gasteiger partial charge on any atom is 0.416 e. The minimum atomic E-state index is -4.36. The zero-order valence-corrected chi connectivity index (χ0v) is 12.9. The van der Waals surface area contributed by atoms with Gasteiger partial charge < -0.3 is 5.11 Å². The van der Waals surface area contributed by atoms with Crippen molar-refractivity contribution >= 4 is 15.9 Å². The summed E-state index contributed by atoms with van der Waals surface area (Å²) in [6, 6.07) is 12.1. The van der Waals surface area contributed by atoms with Crippen LogP contribution in [0.5, 0.6) is 0 Å². The quantitative estimate of drug-likeness (QED) is 0.825. The largest absolute Gasteiger partial charge is 0.416 e. The SMILES string of the molecule is CC(O)(Cc1ccc(Br)cc1)c1ccc(C(F)(F)F)cc1. The Morgan fingerprint density at radius 2 is 1.38 bits per heavy atom. The molecule has 0 heterocycles. The first kappa shape index (κ1) is 16.0. The molecule has 0 spiro atoms. The lowest BCUT2D eigenvalue weighted by Gasteiger charge is -2.24. The zero-order chi connectivity index (χ0) is 15.7. The van der Waals surface area contributed by atoms with E-state index in [4.69, 9.17) is 0 Å². The summed E-state index contributed by atoms with van der Waals surface area (Å²) >= 11 is 3.33. The van der Waals surface area contributed by atoms with Crippen LogP contribution in [0.1, 0.15) is 23.6 Å². The highest BCUT2D eigenvalue weighted by atomic mass is 79.9. The van der Waals surface area contributed by atoms with Gasteiger partial charge in [-0.3, -0.25) is 0 Å². The molecule has 0 saturated heterocycles. The van der Waals surface area contributed by atoms with Crippen molar-refractivity contribution in [1.82, 2.24) is 0 Å². The van der Waals surface area contributed by atoms with Crippen LogP contribution in [-0.4, -0.2) is 5.11 Å². The minimum absolute atomic E-state index is 0.325. The monoisotopic (exact) mass is 358 g/mol. The lowest BCUT2D eigenvalue weighted by molar-refractivity contribution is -0.137. The van der Waals surface area contributed by atoms with E-state index in [0.29, 0.717) is 12.0 Å². The van der Waals surface area contributed by atoms with Gasteiger partial charge in [0, 0.05) is 10.9 Å². The van der Waals surface area contributed by atoms with Gasteiger partial charge in [0.25, 0.3) is 0 Å². The van der Waals surface area contributed by atoms with Gasteiger partial charge >= 0.3 is 6.18 Å². The van der Waals surface area contributed by atoms with Gasteiger partial charge in [-0.25, -0.2) is 0 Å². The van der Waals surface area contributed by atoms with Crippen molar-refractivity contribution in [2.45, 2.75) is 25.1 Å². The number of hydrogen-bond acceptors (Lipinski definition) is 1. The molecule has 0 saturated carbocycles. The molecular weight excluding hydrogens is 345 g/mol. The highest BCUT2D eigenvalue weighted by Gasteiger charge is 2.31. The number of alkyl halides is 3. The third-order valence-corrected chi connectivity index (χ3v) is 3.82. The summed E-state index contributed by atoms with van der Waals surface area (Å²) in [5.41, 5.74) is -0.579. The summed E-state index contributed by atoms with van der Waals surface area (Å²) in [6.45, 7) is 1.59. The van der Waals surface area contributed by atoms with E-state index in [2.05, 4.69) is 15.9 Å². The molecular formula is C16H14BrF3O. The Balaban J connectivity index is 2.21. The van der Waals surface area contributed by atoms with Crippen molar-refractivity contribution in [2.24, 2.45) is 0 Å². The molecule has 0 amide bonds. The molecule has 0 bridgehead atoms. The van der Waals surface area contributed by atoms with Crippen LogP contribution < -0.4 is 0 Å².